The summed E-state index contributed by atoms with van der Waals surface area (Å²) >= 11 is 0. The van der Waals surface area contributed by atoms with Crippen molar-refractivity contribution >= 4 is 7.60 Å². The molecule has 0 heterocycles. The summed E-state index contributed by atoms with van der Waals surface area (Å²) in [7, 11) is -3.70. The highest BCUT2D eigenvalue weighted by Crippen LogP contribution is 2.46. The van der Waals surface area contributed by atoms with Crippen LogP contribution in [0.1, 0.15) is 25.3 Å². The van der Waals surface area contributed by atoms with Gasteiger partial charge in [0.2, 0.25) is 0 Å². The van der Waals surface area contributed by atoms with Crippen LogP contribution in [0.5, 0.6) is 0 Å². The fraction of sp³-hybridized carbons (Fsp3) is 0.500. The molecule has 0 saturated heterocycles. The quantitative estimate of drug-likeness (QED) is 0.581. The lowest BCUT2D eigenvalue weighted by Gasteiger charge is -2.18. The van der Waals surface area contributed by atoms with E-state index in [2.05, 4.69) is 0 Å². The summed E-state index contributed by atoms with van der Waals surface area (Å²) in [5, 5.41) is 0. The maximum atomic E-state index is 11.8. The van der Waals surface area contributed by atoms with Gasteiger partial charge in [-0.15, -0.1) is 0 Å². The van der Waals surface area contributed by atoms with Crippen LogP contribution in [-0.2, 0) is 15.5 Å². The van der Waals surface area contributed by atoms with Gasteiger partial charge in [-0.3, -0.25) is 4.57 Å². The molecular weight excluding hydrogens is 237 g/mol. The van der Waals surface area contributed by atoms with Gasteiger partial charge in [-0.2, -0.15) is 0 Å². The Hall–Kier alpha value is -0.670. The summed E-state index contributed by atoms with van der Waals surface area (Å²) < 4.78 is 16.8. The summed E-state index contributed by atoms with van der Waals surface area (Å²) in [5.41, 5.74) is 6.67. The van der Waals surface area contributed by atoms with Crippen molar-refractivity contribution < 1.29 is 14.0 Å². The predicted octanol–water partition coefficient (Wildman–Crippen LogP) is 2.52. The molecule has 0 aromatic heterocycles. The highest BCUT2D eigenvalue weighted by Gasteiger charge is 2.28. The number of benzene rings is 1. The zero-order chi connectivity index (χ0) is 12.7. The largest absolute Gasteiger partial charge is 0.344 e. The van der Waals surface area contributed by atoms with Crippen LogP contribution in [0.3, 0.4) is 0 Å². The molecular formula is C12H20NO3P. The Bertz CT molecular complexity index is 369. The van der Waals surface area contributed by atoms with Gasteiger partial charge in [0.1, 0.15) is 5.78 Å². The minimum atomic E-state index is -3.70. The number of rotatable bonds is 7. The lowest BCUT2D eigenvalue weighted by Crippen LogP contribution is -2.24. The van der Waals surface area contributed by atoms with Crippen LogP contribution in [-0.4, -0.2) is 17.3 Å². The van der Waals surface area contributed by atoms with Gasteiger partial charge in [-0.1, -0.05) is 43.7 Å². The zero-order valence-corrected chi connectivity index (χ0v) is 11.0. The van der Waals surface area contributed by atoms with Gasteiger partial charge in [0, 0.05) is 0 Å². The third-order valence-corrected chi connectivity index (χ3v) is 4.05. The SMILES string of the molecule is CCCCOP(=O)(O)[C@@H](N)Cc1ccccc1. The van der Waals surface area contributed by atoms with Gasteiger partial charge in [-0.05, 0) is 18.4 Å². The topological polar surface area (TPSA) is 72.5 Å². The molecule has 0 amide bonds. The molecule has 0 aliphatic carbocycles. The maximum absolute atomic E-state index is 11.8. The van der Waals surface area contributed by atoms with E-state index in [0.717, 1.165) is 18.4 Å². The van der Waals surface area contributed by atoms with Crippen molar-refractivity contribution in [3.8, 4) is 0 Å². The van der Waals surface area contributed by atoms with E-state index in [-0.39, 0.29) is 6.61 Å². The molecule has 1 rings (SSSR count). The van der Waals surface area contributed by atoms with Gasteiger partial charge in [-0.25, -0.2) is 0 Å². The maximum Gasteiger partial charge on any atom is 0.344 e. The molecule has 0 fully saturated rings. The van der Waals surface area contributed by atoms with E-state index in [1.807, 2.05) is 37.3 Å². The first kappa shape index (κ1) is 14.4. The van der Waals surface area contributed by atoms with Crippen molar-refractivity contribution in [3.63, 3.8) is 0 Å². The highest BCUT2D eigenvalue weighted by atomic mass is 31.2. The van der Waals surface area contributed by atoms with E-state index < -0.39 is 13.4 Å². The van der Waals surface area contributed by atoms with Crippen LogP contribution in [0.25, 0.3) is 0 Å². The monoisotopic (exact) mass is 257 g/mol. The molecule has 0 spiro atoms. The van der Waals surface area contributed by atoms with Crippen LogP contribution in [0.2, 0.25) is 0 Å². The van der Waals surface area contributed by atoms with Crippen LogP contribution in [0.4, 0.5) is 0 Å². The third kappa shape index (κ3) is 5.00. The normalized spacial score (nSPS) is 16.4. The molecule has 4 nitrogen and oxygen atoms in total. The Labute approximate surface area is 102 Å². The summed E-state index contributed by atoms with van der Waals surface area (Å²) in [4.78, 5) is 9.68. The zero-order valence-electron chi connectivity index (χ0n) is 10.1. The molecule has 2 atom stereocenters. The third-order valence-electron chi connectivity index (χ3n) is 2.48. The average molecular weight is 257 g/mol. The summed E-state index contributed by atoms with van der Waals surface area (Å²) in [6, 6.07) is 9.41. The molecule has 96 valence electrons. The molecule has 1 aromatic carbocycles. The van der Waals surface area contributed by atoms with E-state index in [1.54, 1.807) is 0 Å². The fourth-order valence-electron chi connectivity index (χ4n) is 1.41. The second-order valence-electron chi connectivity index (χ2n) is 4.01. The average Bonchev–Trinajstić information content (AvgIpc) is 2.30. The van der Waals surface area contributed by atoms with Crippen LogP contribution in [0.15, 0.2) is 30.3 Å². The molecule has 17 heavy (non-hydrogen) atoms. The molecule has 1 unspecified atom stereocenters. The molecule has 0 radical (unpaired) electrons. The van der Waals surface area contributed by atoms with Crippen LogP contribution >= 0.6 is 7.60 Å². The second kappa shape index (κ2) is 6.92. The van der Waals surface area contributed by atoms with Crippen molar-refractivity contribution in [2.45, 2.75) is 32.0 Å². The molecule has 0 aliphatic heterocycles. The van der Waals surface area contributed by atoms with E-state index in [9.17, 15) is 9.46 Å². The molecule has 0 saturated carbocycles. The molecule has 0 bridgehead atoms. The van der Waals surface area contributed by atoms with Crippen molar-refractivity contribution in [1.29, 1.82) is 0 Å². The summed E-state index contributed by atoms with van der Waals surface area (Å²) in [6.07, 6.45) is 2.04. The fourth-order valence-corrected chi connectivity index (χ4v) is 2.43. The van der Waals surface area contributed by atoms with Gasteiger partial charge < -0.3 is 15.2 Å². The highest BCUT2D eigenvalue weighted by molar-refractivity contribution is 7.53. The minimum absolute atomic E-state index is 0.284. The Morgan fingerprint density at radius 1 is 1.41 bits per heavy atom. The van der Waals surface area contributed by atoms with E-state index >= 15 is 0 Å². The second-order valence-corrected chi connectivity index (χ2v) is 6.06. The van der Waals surface area contributed by atoms with E-state index in [4.69, 9.17) is 10.3 Å². The van der Waals surface area contributed by atoms with E-state index in [0.29, 0.717) is 6.42 Å². The molecule has 0 aliphatic rings. The van der Waals surface area contributed by atoms with Gasteiger partial charge in [0.15, 0.2) is 0 Å². The molecule has 3 N–H and O–H groups in total. The number of hydrogen-bond acceptors (Lipinski definition) is 3. The van der Waals surface area contributed by atoms with E-state index in [1.165, 1.54) is 0 Å². The summed E-state index contributed by atoms with van der Waals surface area (Å²) in [5.74, 6) is -0.859. The van der Waals surface area contributed by atoms with Crippen molar-refractivity contribution in [2.75, 3.05) is 6.61 Å². The molecule has 5 heteroatoms. The molecule has 1 aromatic rings. The first-order valence-electron chi connectivity index (χ1n) is 5.82. The number of hydrogen-bond donors (Lipinski definition) is 2. The van der Waals surface area contributed by atoms with Gasteiger partial charge in [0.25, 0.3) is 0 Å². The number of nitrogens with two attached hydrogens (primary N) is 1. The number of unbranched alkanes of at least 4 members (excludes halogenated alkanes) is 1. The Morgan fingerprint density at radius 3 is 2.65 bits per heavy atom. The first-order valence-corrected chi connectivity index (χ1v) is 7.47. The lowest BCUT2D eigenvalue weighted by atomic mass is 10.2. The Morgan fingerprint density at radius 2 is 2.06 bits per heavy atom. The standard InChI is InChI=1S/C12H20NO3P/c1-2-3-9-16-17(14,15)12(13)10-11-7-5-4-6-8-11/h4-8,12H,2-3,9-10,13H2,1H3,(H,14,15)/t12-/m1/s1. The predicted molar refractivity (Wildman–Crippen MR) is 68.8 cm³/mol. The van der Waals surface area contributed by atoms with Gasteiger partial charge >= 0.3 is 7.60 Å². The lowest BCUT2D eigenvalue weighted by molar-refractivity contribution is 0.247. The van der Waals surface area contributed by atoms with Crippen molar-refractivity contribution in [1.82, 2.24) is 0 Å². The van der Waals surface area contributed by atoms with Crippen LogP contribution in [0, 0.1) is 0 Å². The minimum Gasteiger partial charge on any atom is -0.323 e. The van der Waals surface area contributed by atoms with Crippen molar-refractivity contribution in [2.24, 2.45) is 5.73 Å². The Balaban J connectivity index is 2.51. The van der Waals surface area contributed by atoms with Crippen molar-refractivity contribution in [3.05, 3.63) is 35.9 Å². The Kier molecular flexibility index (Phi) is 5.86. The van der Waals surface area contributed by atoms with Gasteiger partial charge in [0.05, 0.1) is 6.61 Å². The summed E-state index contributed by atoms with van der Waals surface area (Å²) in [6.45, 7) is 2.28. The smallest absolute Gasteiger partial charge is 0.323 e. The van der Waals surface area contributed by atoms with Crippen LogP contribution < -0.4 is 5.73 Å². The first-order chi connectivity index (χ1) is 8.06.